The van der Waals surface area contributed by atoms with Crippen molar-refractivity contribution in [3.8, 4) is 0 Å². The maximum absolute atomic E-state index is 12.2. The fraction of sp³-hybridized carbons (Fsp3) is 0.923. The molecule has 0 radical (unpaired) electrons. The number of amides is 1. The van der Waals surface area contributed by atoms with Crippen molar-refractivity contribution < 1.29 is 9.90 Å². The Labute approximate surface area is 103 Å². The monoisotopic (exact) mass is 240 g/mol. The lowest BCUT2D eigenvalue weighted by Gasteiger charge is -2.33. The molecule has 2 aliphatic heterocycles. The molecule has 0 aliphatic carbocycles. The summed E-state index contributed by atoms with van der Waals surface area (Å²) in [7, 11) is 0. The maximum atomic E-state index is 12.2. The van der Waals surface area contributed by atoms with E-state index >= 15 is 0 Å². The van der Waals surface area contributed by atoms with E-state index < -0.39 is 0 Å². The Balaban J connectivity index is 1.78. The molecule has 0 aromatic carbocycles. The Morgan fingerprint density at radius 3 is 2.71 bits per heavy atom. The molecular formula is C13H24N2O2. The van der Waals surface area contributed by atoms with Crippen LogP contribution in [-0.4, -0.2) is 48.7 Å². The number of aliphatic hydroxyl groups excluding tert-OH is 1. The fourth-order valence-electron chi connectivity index (χ4n) is 2.90. The van der Waals surface area contributed by atoms with Gasteiger partial charge in [0.15, 0.2) is 0 Å². The molecule has 2 fully saturated rings. The highest BCUT2D eigenvalue weighted by Crippen LogP contribution is 2.21. The Morgan fingerprint density at radius 1 is 1.24 bits per heavy atom. The Kier molecular flexibility index (Phi) is 4.80. The predicted molar refractivity (Wildman–Crippen MR) is 66.6 cm³/mol. The summed E-state index contributed by atoms with van der Waals surface area (Å²) < 4.78 is 0. The first-order chi connectivity index (χ1) is 8.29. The van der Waals surface area contributed by atoms with Crippen LogP contribution in [-0.2, 0) is 4.79 Å². The van der Waals surface area contributed by atoms with Crippen LogP contribution in [0.3, 0.4) is 0 Å². The number of likely N-dealkylation sites (tertiary alicyclic amines) is 1. The third-order valence-corrected chi connectivity index (χ3v) is 4.05. The first-order valence-corrected chi connectivity index (χ1v) is 6.89. The van der Waals surface area contributed by atoms with Gasteiger partial charge in [-0.3, -0.25) is 4.79 Å². The number of piperidine rings is 2. The molecule has 2 heterocycles. The number of rotatable bonds is 3. The smallest absolute Gasteiger partial charge is 0.222 e. The molecule has 2 N–H and O–H groups in total. The molecular weight excluding hydrogens is 216 g/mol. The number of hydrogen-bond donors (Lipinski definition) is 2. The average Bonchev–Trinajstić information content (AvgIpc) is 2.40. The van der Waals surface area contributed by atoms with E-state index in [1.54, 1.807) is 0 Å². The molecule has 4 heteroatoms. The van der Waals surface area contributed by atoms with Crippen LogP contribution in [0.25, 0.3) is 0 Å². The van der Waals surface area contributed by atoms with E-state index in [0.717, 1.165) is 51.9 Å². The number of carbonyl (C=O) groups is 1. The van der Waals surface area contributed by atoms with Crippen molar-refractivity contribution in [3.63, 3.8) is 0 Å². The van der Waals surface area contributed by atoms with E-state index in [1.165, 1.54) is 0 Å². The van der Waals surface area contributed by atoms with Gasteiger partial charge in [0.1, 0.15) is 0 Å². The van der Waals surface area contributed by atoms with Crippen molar-refractivity contribution in [2.75, 3.05) is 32.8 Å². The van der Waals surface area contributed by atoms with Gasteiger partial charge < -0.3 is 15.3 Å². The third kappa shape index (κ3) is 3.68. The summed E-state index contributed by atoms with van der Waals surface area (Å²) in [6.45, 7) is 3.98. The third-order valence-electron chi connectivity index (χ3n) is 4.05. The van der Waals surface area contributed by atoms with E-state index in [2.05, 4.69) is 5.32 Å². The molecule has 2 aliphatic rings. The Hall–Kier alpha value is -0.610. The molecule has 0 saturated carbocycles. The molecule has 17 heavy (non-hydrogen) atoms. The minimum absolute atomic E-state index is 0.219. The lowest BCUT2D eigenvalue weighted by Crippen LogP contribution is -2.42. The van der Waals surface area contributed by atoms with Crippen LogP contribution >= 0.6 is 0 Å². The number of nitrogens with zero attached hydrogens (tertiary/aromatic N) is 1. The highest BCUT2D eigenvalue weighted by Gasteiger charge is 2.25. The van der Waals surface area contributed by atoms with Crippen molar-refractivity contribution in [2.45, 2.75) is 32.1 Å². The van der Waals surface area contributed by atoms with Gasteiger partial charge in [0.2, 0.25) is 5.91 Å². The van der Waals surface area contributed by atoms with Crippen LogP contribution in [0.15, 0.2) is 0 Å². The van der Waals surface area contributed by atoms with Gasteiger partial charge >= 0.3 is 0 Å². The molecule has 1 atom stereocenters. The van der Waals surface area contributed by atoms with Crippen LogP contribution in [0.5, 0.6) is 0 Å². The van der Waals surface area contributed by atoms with E-state index in [9.17, 15) is 4.79 Å². The second-order valence-electron chi connectivity index (χ2n) is 5.43. The first-order valence-electron chi connectivity index (χ1n) is 6.89. The van der Waals surface area contributed by atoms with Crippen molar-refractivity contribution >= 4 is 5.91 Å². The minimum atomic E-state index is 0.219. The van der Waals surface area contributed by atoms with Gasteiger partial charge in [-0.25, -0.2) is 0 Å². The zero-order chi connectivity index (χ0) is 12.1. The molecule has 0 spiro atoms. The van der Waals surface area contributed by atoms with E-state index in [1.807, 2.05) is 4.90 Å². The largest absolute Gasteiger partial charge is 0.396 e. The van der Waals surface area contributed by atoms with Gasteiger partial charge in [-0.2, -0.15) is 0 Å². The molecule has 0 unspecified atom stereocenters. The molecule has 0 aromatic rings. The SMILES string of the molecule is O=C(CC1CCNCC1)N1CCC[C@H](CO)C1. The normalized spacial score (nSPS) is 27.1. The van der Waals surface area contributed by atoms with Crippen LogP contribution in [0.2, 0.25) is 0 Å². The van der Waals surface area contributed by atoms with E-state index in [0.29, 0.717) is 24.2 Å². The maximum Gasteiger partial charge on any atom is 0.222 e. The molecule has 98 valence electrons. The standard InChI is InChI=1S/C13H24N2O2/c16-10-12-2-1-7-15(9-12)13(17)8-11-3-5-14-6-4-11/h11-12,14,16H,1-10H2/t12-/m0/s1. The van der Waals surface area contributed by atoms with Gasteiger partial charge in [0.25, 0.3) is 0 Å². The number of hydrogen-bond acceptors (Lipinski definition) is 3. The predicted octanol–water partition coefficient (Wildman–Crippen LogP) is 0.607. The van der Waals surface area contributed by atoms with Gasteiger partial charge in [0.05, 0.1) is 0 Å². The van der Waals surface area contributed by atoms with Gasteiger partial charge in [-0.15, -0.1) is 0 Å². The highest BCUT2D eigenvalue weighted by molar-refractivity contribution is 5.76. The number of carbonyl (C=O) groups excluding carboxylic acids is 1. The molecule has 2 rings (SSSR count). The molecule has 4 nitrogen and oxygen atoms in total. The van der Waals surface area contributed by atoms with Crippen molar-refractivity contribution in [2.24, 2.45) is 11.8 Å². The van der Waals surface area contributed by atoms with Crippen LogP contribution in [0, 0.1) is 11.8 Å². The highest BCUT2D eigenvalue weighted by atomic mass is 16.3. The zero-order valence-electron chi connectivity index (χ0n) is 10.5. The number of nitrogens with one attached hydrogen (secondary N) is 1. The van der Waals surface area contributed by atoms with Crippen LogP contribution < -0.4 is 5.32 Å². The second-order valence-corrected chi connectivity index (χ2v) is 5.43. The fourth-order valence-corrected chi connectivity index (χ4v) is 2.90. The van der Waals surface area contributed by atoms with E-state index in [4.69, 9.17) is 5.11 Å². The molecule has 0 bridgehead atoms. The van der Waals surface area contributed by atoms with Gasteiger partial charge in [0, 0.05) is 26.1 Å². The van der Waals surface area contributed by atoms with Crippen LogP contribution in [0.1, 0.15) is 32.1 Å². The minimum Gasteiger partial charge on any atom is -0.396 e. The summed E-state index contributed by atoms with van der Waals surface area (Å²) in [5.74, 6) is 1.18. The molecule has 2 saturated heterocycles. The lowest BCUT2D eigenvalue weighted by atomic mass is 9.93. The molecule has 1 amide bonds. The summed E-state index contributed by atoms with van der Waals surface area (Å²) in [5, 5.41) is 12.5. The van der Waals surface area contributed by atoms with Gasteiger partial charge in [-0.05, 0) is 50.6 Å². The second kappa shape index (κ2) is 6.36. The Bertz CT molecular complexity index is 252. The topological polar surface area (TPSA) is 52.6 Å². The van der Waals surface area contributed by atoms with E-state index in [-0.39, 0.29) is 6.61 Å². The number of aliphatic hydroxyl groups is 1. The summed E-state index contributed by atoms with van der Waals surface area (Å²) in [4.78, 5) is 14.1. The lowest BCUT2D eigenvalue weighted by molar-refractivity contribution is -0.134. The zero-order valence-corrected chi connectivity index (χ0v) is 10.5. The quantitative estimate of drug-likeness (QED) is 0.760. The first kappa shape index (κ1) is 12.8. The van der Waals surface area contributed by atoms with Crippen molar-refractivity contribution in [1.82, 2.24) is 10.2 Å². The summed E-state index contributed by atoms with van der Waals surface area (Å²) in [5.41, 5.74) is 0. The summed E-state index contributed by atoms with van der Waals surface area (Å²) in [6, 6.07) is 0. The summed E-state index contributed by atoms with van der Waals surface area (Å²) >= 11 is 0. The molecule has 0 aromatic heterocycles. The van der Waals surface area contributed by atoms with Crippen molar-refractivity contribution in [3.05, 3.63) is 0 Å². The van der Waals surface area contributed by atoms with Crippen LogP contribution in [0.4, 0.5) is 0 Å². The van der Waals surface area contributed by atoms with Gasteiger partial charge in [-0.1, -0.05) is 0 Å². The average molecular weight is 240 g/mol. The Morgan fingerprint density at radius 2 is 2.00 bits per heavy atom. The summed E-state index contributed by atoms with van der Waals surface area (Å²) in [6.07, 6.45) is 5.07. The van der Waals surface area contributed by atoms with Crippen molar-refractivity contribution in [1.29, 1.82) is 0 Å².